The Morgan fingerprint density at radius 2 is 1.93 bits per heavy atom. The van der Waals surface area contributed by atoms with Crippen molar-refractivity contribution in [1.82, 2.24) is 4.57 Å². The van der Waals surface area contributed by atoms with Crippen molar-refractivity contribution in [3.63, 3.8) is 0 Å². The van der Waals surface area contributed by atoms with Crippen LogP contribution in [0.4, 0.5) is 4.39 Å². The fraction of sp³-hybridized carbons (Fsp3) is 0.368. The molecule has 0 amide bonds. The van der Waals surface area contributed by atoms with E-state index in [1.54, 1.807) is 19.9 Å². The number of ketones is 1. The first-order chi connectivity index (χ1) is 12.7. The first-order valence-corrected chi connectivity index (χ1v) is 10.4. The Bertz CT molecular complexity index is 1010. The predicted octanol–water partition coefficient (Wildman–Crippen LogP) is 2.64. The largest absolute Gasteiger partial charge is 0.454 e. The van der Waals surface area contributed by atoms with Crippen LogP contribution in [0.2, 0.25) is 0 Å². The van der Waals surface area contributed by atoms with Crippen molar-refractivity contribution in [2.45, 2.75) is 26.3 Å². The summed E-state index contributed by atoms with van der Waals surface area (Å²) in [6, 6.07) is 6.85. The number of hydrogen-bond acceptors (Lipinski definition) is 5. The van der Waals surface area contributed by atoms with Crippen molar-refractivity contribution < 1.29 is 27.1 Å². The molecule has 0 N–H and O–H groups in total. The first kappa shape index (κ1) is 19.3. The van der Waals surface area contributed by atoms with Gasteiger partial charge in [-0.2, -0.15) is 0 Å². The lowest BCUT2D eigenvalue weighted by atomic mass is 10.1. The average Bonchev–Trinajstić information content (AvgIpc) is 3.11. The first-order valence-electron chi connectivity index (χ1n) is 8.53. The minimum absolute atomic E-state index is 0.0548. The maximum absolute atomic E-state index is 13.6. The van der Waals surface area contributed by atoms with Gasteiger partial charge >= 0.3 is 5.97 Å². The fourth-order valence-corrected chi connectivity index (χ4v) is 5.21. The minimum Gasteiger partial charge on any atom is -0.454 e. The zero-order valence-electron chi connectivity index (χ0n) is 15.1. The highest BCUT2D eigenvalue weighted by molar-refractivity contribution is 7.91. The van der Waals surface area contributed by atoms with Gasteiger partial charge in [-0.25, -0.2) is 17.6 Å². The lowest BCUT2D eigenvalue weighted by Crippen LogP contribution is -2.17. The smallest absolute Gasteiger partial charge is 0.341 e. The van der Waals surface area contributed by atoms with E-state index in [2.05, 4.69) is 0 Å². The summed E-state index contributed by atoms with van der Waals surface area (Å²) in [6.07, 6.45) is 0.509. The molecule has 1 aromatic carbocycles. The fourth-order valence-electron chi connectivity index (χ4n) is 3.51. The van der Waals surface area contributed by atoms with Gasteiger partial charge in [0, 0.05) is 23.0 Å². The Morgan fingerprint density at radius 1 is 1.22 bits per heavy atom. The van der Waals surface area contributed by atoms with Gasteiger partial charge in [0.15, 0.2) is 16.4 Å². The molecule has 1 fully saturated rings. The van der Waals surface area contributed by atoms with E-state index in [4.69, 9.17) is 4.74 Å². The standard InChI is InChI=1S/C19H20FNO5S/c1-12-9-16(13(2)21(12)14-7-8-27(24,25)11-14)18(22)10-26-19(23)15-5-3-4-6-17(15)20/h3-6,9,14H,7-8,10-11H2,1-2H3. The normalized spacial score (nSPS) is 18.4. The van der Waals surface area contributed by atoms with Crippen molar-refractivity contribution in [1.29, 1.82) is 0 Å². The van der Waals surface area contributed by atoms with E-state index in [0.29, 0.717) is 17.7 Å². The molecule has 1 aromatic heterocycles. The molecule has 144 valence electrons. The number of Topliss-reactive ketones (excluding diaryl/α,β-unsaturated/α-hetero) is 1. The summed E-state index contributed by atoms with van der Waals surface area (Å²) in [7, 11) is -3.05. The molecular weight excluding hydrogens is 373 g/mol. The molecule has 1 saturated heterocycles. The Labute approximate surface area is 156 Å². The van der Waals surface area contributed by atoms with Gasteiger partial charge in [-0.05, 0) is 38.5 Å². The third-order valence-corrected chi connectivity index (χ3v) is 6.54. The molecule has 8 heteroatoms. The zero-order valence-corrected chi connectivity index (χ0v) is 15.9. The highest BCUT2D eigenvalue weighted by atomic mass is 32.2. The Kier molecular flexibility index (Phi) is 5.19. The second-order valence-corrected chi connectivity index (χ2v) is 8.92. The highest BCUT2D eigenvalue weighted by Gasteiger charge is 2.31. The number of hydrogen-bond donors (Lipinski definition) is 0. The van der Waals surface area contributed by atoms with Crippen LogP contribution in [0.25, 0.3) is 0 Å². The van der Waals surface area contributed by atoms with Crippen LogP contribution in [0.1, 0.15) is 44.6 Å². The number of nitrogens with zero attached hydrogens (tertiary/aromatic N) is 1. The predicted molar refractivity (Wildman–Crippen MR) is 97.2 cm³/mol. The van der Waals surface area contributed by atoms with E-state index in [0.717, 1.165) is 11.8 Å². The van der Waals surface area contributed by atoms with Crippen LogP contribution in [0, 0.1) is 19.7 Å². The number of aryl methyl sites for hydroxylation is 1. The van der Waals surface area contributed by atoms with Gasteiger partial charge < -0.3 is 9.30 Å². The third kappa shape index (κ3) is 3.95. The van der Waals surface area contributed by atoms with Crippen LogP contribution >= 0.6 is 0 Å². The molecule has 1 aliphatic heterocycles. The van der Waals surface area contributed by atoms with Crippen LogP contribution in [-0.4, -0.2) is 42.9 Å². The molecule has 2 aromatic rings. The summed E-state index contributed by atoms with van der Waals surface area (Å²) in [5, 5.41) is 0. The number of ether oxygens (including phenoxy) is 1. The number of benzene rings is 1. The highest BCUT2D eigenvalue weighted by Crippen LogP contribution is 2.29. The molecule has 2 heterocycles. The lowest BCUT2D eigenvalue weighted by molar-refractivity contribution is 0.0470. The van der Waals surface area contributed by atoms with E-state index in [1.165, 1.54) is 18.2 Å². The molecule has 6 nitrogen and oxygen atoms in total. The van der Waals surface area contributed by atoms with Gasteiger partial charge in [0.2, 0.25) is 5.78 Å². The molecule has 1 aliphatic rings. The van der Waals surface area contributed by atoms with E-state index in [9.17, 15) is 22.4 Å². The number of carbonyl (C=O) groups is 2. The van der Waals surface area contributed by atoms with Crippen LogP contribution in [-0.2, 0) is 14.6 Å². The van der Waals surface area contributed by atoms with Crippen LogP contribution in [0.15, 0.2) is 30.3 Å². The summed E-state index contributed by atoms with van der Waals surface area (Å²) in [5.41, 5.74) is 1.56. The summed E-state index contributed by atoms with van der Waals surface area (Å²) in [4.78, 5) is 24.4. The number of esters is 1. The topological polar surface area (TPSA) is 82.4 Å². The molecule has 0 spiro atoms. The van der Waals surface area contributed by atoms with E-state index in [1.807, 2.05) is 4.57 Å². The van der Waals surface area contributed by atoms with Crippen molar-refractivity contribution in [3.05, 3.63) is 58.7 Å². The molecule has 27 heavy (non-hydrogen) atoms. The van der Waals surface area contributed by atoms with Gasteiger partial charge in [-0.1, -0.05) is 12.1 Å². The summed E-state index contributed by atoms with van der Waals surface area (Å²) in [5.74, 6) is -1.84. The molecule has 3 rings (SSSR count). The maximum Gasteiger partial charge on any atom is 0.341 e. The Balaban J connectivity index is 1.73. The minimum atomic E-state index is -3.05. The molecule has 1 unspecified atom stereocenters. The summed E-state index contributed by atoms with van der Waals surface area (Å²) in [6.45, 7) is 3.03. The van der Waals surface area contributed by atoms with Crippen molar-refractivity contribution in [3.8, 4) is 0 Å². The summed E-state index contributed by atoms with van der Waals surface area (Å²) < 4.78 is 43.9. The molecular formula is C19H20FNO5S. The summed E-state index contributed by atoms with van der Waals surface area (Å²) >= 11 is 0. The quantitative estimate of drug-likeness (QED) is 0.576. The number of halogens is 1. The number of aromatic nitrogens is 1. The Morgan fingerprint density at radius 3 is 2.56 bits per heavy atom. The monoisotopic (exact) mass is 393 g/mol. The SMILES string of the molecule is Cc1cc(C(=O)COC(=O)c2ccccc2F)c(C)n1C1CCS(=O)(=O)C1. The third-order valence-electron chi connectivity index (χ3n) is 4.79. The van der Waals surface area contributed by atoms with Crippen LogP contribution in [0.5, 0.6) is 0 Å². The van der Waals surface area contributed by atoms with Crippen LogP contribution < -0.4 is 0 Å². The maximum atomic E-state index is 13.6. The number of carbonyl (C=O) groups excluding carboxylic acids is 2. The van der Waals surface area contributed by atoms with Crippen molar-refractivity contribution in [2.24, 2.45) is 0 Å². The van der Waals surface area contributed by atoms with Gasteiger partial charge in [0.1, 0.15) is 5.82 Å². The van der Waals surface area contributed by atoms with Gasteiger partial charge in [0.25, 0.3) is 0 Å². The molecule has 0 radical (unpaired) electrons. The zero-order chi connectivity index (χ0) is 19.8. The van der Waals surface area contributed by atoms with Gasteiger partial charge in [-0.3, -0.25) is 4.79 Å². The molecule has 1 atom stereocenters. The van der Waals surface area contributed by atoms with Crippen LogP contribution in [0.3, 0.4) is 0 Å². The average molecular weight is 393 g/mol. The molecule has 0 saturated carbocycles. The lowest BCUT2D eigenvalue weighted by Gasteiger charge is -2.16. The second-order valence-electron chi connectivity index (χ2n) is 6.69. The number of rotatable bonds is 5. The molecule has 0 aliphatic carbocycles. The van der Waals surface area contributed by atoms with E-state index in [-0.39, 0.29) is 23.1 Å². The molecule has 0 bridgehead atoms. The van der Waals surface area contributed by atoms with Gasteiger partial charge in [-0.15, -0.1) is 0 Å². The van der Waals surface area contributed by atoms with E-state index < -0.39 is 34.0 Å². The van der Waals surface area contributed by atoms with E-state index >= 15 is 0 Å². The van der Waals surface area contributed by atoms with Crippen molar-refractivity contribution >= 4 is 21.6 Å². The van der Waals surface area contributed by atoms with Crippen molar-refractivity contribution in [2.75, 3.05) is 18.1 Å². The second kappa shape index (κ2) is 7.26. The van der Waals surface area contributed by atoms with Gasteiger partial charge in [0.05, 0.1) is 17.1 Å². The number of sulfone groups is 1. The Hall–Kier alpha value is -2.48.